The summed E-state index contributed by atoms with van der Waals surface area (Å²) in [5.41, 5.74) is 0.233. The van der Waals surface area contributed by atoms with Gasteiger partial charge in [-0.05, 0) is 37.5 Å². The van der Waals surface area contributed by atoms with Crippen molar-refractivity contribution in [2.24, 2.45) is 0 Å². The Morgan fingerprint density at radius 1 is 1.18 bits per heavy atom. The summed E-state index contributed by atoms with van der Waals surface area (Å²) >= 11 is 0. The van der Waals surface area contributed by atoms with Crippen molar-refractivity contribution in [1.82, 2.24) is 14.1 Å². The molecule has 0 aromatic heterocycles. The molecule has 0 bridgehead atoms. The number of carbonyl (C=O) groups is 1. The summed E-state index contributed by atoms with van der Waals surface area (Å²) in [5, 5.41) is 9.17. The highest BCUT2D eigenvalue weighted by Crippen LogP contribution is 2.21. The first-order valence-electron chi connectivity index (χ1n) is 9.49. The van der Waals surface area contributed by atoms with Crippen molar-refractivity contribution in [2.75, 3.05) is 39.8 Å². The van der Waals surface area contributed by atoms with Gasteiger partial charge in [-0.15, -0.1) is 0 Å². The van der Waals surface area contributed by atoms with Crippen LogP contribution in [-0.2, 0) is 14.8 Å². The van der Waals surface area contributed by atoms with Gasteiger partial charge >= 0.3 is 0 Å². The van der Waals surface area contributed by atoms with Crippen molar-refractivity contribution in [2.45, 2.75) is 44.0 Å². The predicted molar refractivity (Wildman–Crippen MR) is 108 cm³/mol. The second-order valence-electron chi connectivity index (χ2n) is 8.03. The number of hydrogen-bond donors (Lipinski definition) is 0. The van der Waals surface area contributed by atoms with Gasteiger partial charge in [0, 0.05) is 33.2 Å². The fourth-order valence-electron chi connectivity index (χ4n) is 2.99. The number of nitrogens with zero attached hydrogens (tertiary/aromatic N) is 4. The Labute approximate surface area is 168 Å². The first kappa shape index (κ1) is 22.3. The van der Waals surface area contributed by atoms with Crippen LogP contribution in [0.25, 0.3) is 0 Å². The molecule has 0 atom stereocenters. The van der Waals surface area contributed by atoms with Crippen LogP contribution in [0, 0.1) is 11.3 Å². The first-order valence-corrected chi connectivity index (χ1v) is 10.9. The minimum Gasteiger partial charge on any atom is -0.326 e. The van der Waals surface area contributed by atoms with Crippen molar-refractivity contribution in [3.63, 3.8) is 0 Å². The highest BCUT2D eigenvalue weighted by molar-refractivity contribution is 7.89. The molecule has 1 aromatic rings. The number of amides is 1. The largest absolute Gasteiger partial charge is 0.326 e. The molecule has 1 aliphatic heterocycles. The molecular formula is C20H30N4O3S. The Morgan fingerprint density at radius 2 is 1.71 bits per heavy atom. The molecule has 154 valence electrons. The molecule has 0 unspecified atom stereocenters. The smallest absolute Gasteiger partial charge is 0.243 e. The molecule has 1 fully saturated rings. The van der Waals surface area contributed by atoms with Gasteiger partial charge in [-0.25, -0.2) is 8.42 Å². The summed E-state index contributed by atoms with van der Waals surface area (Å²) in [5.74, 6) is 0.203. The van der Waals surface area contributed by atoms with E-state index in [1.54, 1.807) is 33.0 Å². The number of carbonyl (C=O) groups excluding carboxylic acids is 1. The fraction of sp³-hybridized carbons (Fsp3) is 0.600. The zero-order chi connectivity index (χ0) is 21.1. The van der Waals surface area contributed by atoms with E-state index in [0.29, 0.717) is 37.0 Å². The minimum absolute atomic E-state index is 0.146. The molecule has 1 heterocycles. The maximum absolute atomic E-state index is 12.9. The van der Waals surface area contributed by atoms with Gasteiger partial charge in [0.2, 0.25) is 15.9 Å². The Hall–Kier alpha value is -1.95. The normalized spacial score (nSPS) is 16.8. The van der Waals surface area contributed by atoms with Crippen LogP contribution < -0.4 is 0 Å². The topological polar surface area (TPSA) is 84.7 Å². The molecule has 1 amide bonds. The molecule has 0 radical (unpaired) electrons. The van der Waals surface area contributed by atoms with Gasteiger partial charge in [0.05, 0.1) is 17.5 Å². The van der Waals surface area contributed by atoms with Crippen LogP contribution in [0.1, 0.15) is 39.2 Å². The summed E-state index contributed by atoms with van der Waals surface area (Å²) < 4.78 is 27.2. The zero-order valence-electron chi connectivity index (χ0n) is 17.3. The second kappa shape index (κ2) is 8.60. The highest BCUT2D eigenvalue weighted by atomic mass is 32.2. The number of benzene rings is 1. The molecule has 0 spiro atoms. The van der Waals surface area contributed by atoms with E-state index >= 15 is 0 Å². The lowest BCUT2D eigenvalue weighted by atomic mass is 10.0. The maximum Gasteiger partial charge on any atom is 0.243 e. The van der Waals surface area contributed by atoms with Crippen molar-refractivity contribution >= 4 is 15.9 Å². The van der Waals surface area contributed by atoms with Crippen molar-refractivity contribution < 1.29 is 13.2 Å². The number of hydrogen-bond acceptors (Lipinski definition) is 5. The molecular weight excluding hydrogens is 376 g/mol. The third kappa shape index (κ3) is 4.90. The fourth-order valence-corrected chi connectivity index (χ4v) is 4.41. The number of sulfonamides is 1. The number of likely N-dealkylation sites (N-methyl/N-ethyl adjacent to an activating group) is 1. The van der Waals surface area contributed by atoms with Crippen LogP contribution in [0.3, 0.4) is 0 Å². The van der Waals surface area contributed by atoms with Crippen molar-refractivity contribution in [3.05, 3.63) is 29.8 Å². The lowest BCUT2D eigenvalue weighted by Gasteiger charge is -2.36. The SMILES string of the molecule is CC(C)c1ccc(S(=O)(=O)N2CCN(CC(=O)N(C)C(C)(C)C#N)CC2)cc1. The molecule has 1 aliphatic rings. The van der Waals surface area contributed by atoms with E-state index in [1.165, 1.54) is 9.21 Å². The third-order valence-electron chi connectivity index (χ3n) is 5.36. The van der Waals surface area contributed by atoms with E-state index in [9.17, 15) is 13.2 Å². The highest BCUT2D eigenvalue weighted by Gasteiger charge is 2.32. The average Bonchev–Trinajstić information content (AvgIpc) is 2.67. The van der Waals surface area contributed by atoms with Crippen LogP contribution in [0.2, 0.25) is 0 Å². The molecule has 2 rings (SSSR count). The van der Waals surface area contributed by atoms with Crippen molar-refractivity contribution in [1.29, 1.82) is 5.26 Å². The lowest BCUT2D eigenvalue weighted by Crippen LogP contribution is -2.53. The van der Waals surface area contributed by atoms with Gasteiger partial charge in [0.15, 0.2) is 0 Å². The van der Waals surface area contributed by atoms with Crippen LogP contribution >= 0.6 is 0 Å². The third-order valence-corrected chi connectivity index (χ3v) is 7.27. The summed E-state index contributed by atoms with van der Waals surface area (Å²) in [7, 11) is -1.91. The summed E-state index contributed by atoms with van der Waals surface area (Å²) in [4.78, 5) is 16.1. The van der Waals surface area contributed by atoms with Crippen LogP contribution in [0.5, 0.6) is 0 Å². The standard InChI is InChI=1S/C20H30N4O3S/c1-16(2)17-6-8-18(9-7-17)28(26,27)24-12-10-23(11-13-24)14-19(25)22(5)20(3,4)15-21/h6-9,16H,10-14H2,1-5H3. The Kier molecular flexibility index (Phi) is 6.86. The lowest BCUT2D eigenvalue weighted by molar-refractivity contribution is -0.134. The number of piperazine rings is 1. The van der Waals surface area contributed by atoms with Gasteiger partial charge in [0.1, 0.15) is 5.54 Å². The van der Waals surface area contributed by atoms with E-state index in [-0.39, 0.29) is 12.5 Å². The quantitative estimate of drug-likeness (QED) is 0.720. The number of rotatable bonds is 6. The Morgan fingerprint density at radius 3 is 2.18 bits per heavy atom. The van der Waals surface area contributed by atoms with Crippen molar-refractivity contribution in [3.8, 4) is 6.07 Å². The molecule has 0 N–H and O–H groups in total. The zero-order valence-corrected chi connectivity index (χ0v) is 18.2. The molecule has 0 aliphatic carbocycles. The minimum atomic E-state index is -3.53. The van der Waals surface area contributed by atoms with E-state index in [2.05, 4.69) is 19.9 Å². The Balaban J connectivity index is 1.97. The maximum atomic E-state index is 12.9. The molecule has 1 saturated heterocycles. The second-order valence-corrected chi connectivity index (χ2v) is 9.97. The summed E-state index contributed by atoms with van der Waals surface area (Å²) in [6.45, 7) is 9.35. The van der Waals surface area contributed by atoms with E-state index < -0.39 is 15.6 Å². The van der Waals surface area contributed by atoms with Gasteiger partial charge < -0.3 is 4.90 Å². The van der Waals surface area contributed by atoms with E-state index in [0.717, 1.165) is 5.56 Å². The van der Waals surface area contributed by atoms with Crippen LogP contribution in [-0.4, -0.2) is 73.7 Å². The Bertz CT molecular complexity index is 833. The predicted octanol–water partition coefficient (Wildman–Crippen LogP) is 1.88. The van der Waals surface area contributed by atoms with Gasteiger partial charge in [-0.3, -0.25) is 9.69 Å². The van der Waals surface area contributed by atoms with Gasteiger partial charge in [-0.1, -0.05) is 26.0 Å². The molecule has 1 aromatic carbocycles. The molecule has 0 saturated carbocycles. The average molecular weight is 407 g/mol. The van der Waals surface area contributed by atoms with Crippen LogP contribution in [0.4, 0.5) is 0 Å². The van der Waals surface area contributed by atoms with Gasteiger partial charge in [-0.2, -0.15) is 9.57 Å². The first-order chi connectivity index (χ1) is 13.0. The molecule has 8 heteroatoms. The summed E-state index contributed by atoms with van der Waals surface area (Å²) in [6.07, 6.45) is 0. The van der Waals surface area contributed by atoms with E-state index in [1.807, 2.05) is 17.0 Å². The number of nitriles is 1. The van der Waals surface area contributed by atoms with Gasteiger partial charge in [0.25, 0.3) is 0 Å². The monoisotopic (exact) mass is 406 g/mol. The van der Waals surface area contributed by atoms with Crippen LogP contribution in [0.15, 0.2) is 29.2 Å². The summed E-state index contributed by atoms with van der Waals surface area (Å²) in [6, 6.07) is 9.17. The molecule has 28 heavy (non-hydrogen) atoms. The molecule has 7 nitrogen and oxygen atoms in total. The van der Waals surface area contributed by atoms with E-state index in [4.69, 9.17) is 5.26 Å².